The normalized spacial score (nSPS) is 10.7. The van der Waals surface area contributed by atoms with Crippen LogP contribution < -0.4 is 10.5 Å². The maximum absolute atomic E-state index is 5.97. The summed E-state index contributed by atoms with van der Waals surface area (Å²) in [7, 11) is 1.63. The number of nitrogens with zero attached hydrogens (tertiary/aromatic N) is 1. The summed E-state index contributed by atoms with van der Waals surface area (Å²) in [5, 5.41) is 3.21. The van der Waals surface area contributed by atoms with Crippen LogP contribution in [0.4, 0.5) is 5.69 Å². The summed E-state index contributed by atoms with van der Waals surface area (Å²) in [5.74, 6) is 0.712. The topological polar surface area (TPSA) is 48.1 Å². The quantitative estimate of drug-likeness (QED) is 0.713. The van der Waals surface area contributed by atoms with Crippen molar-refractivity contribution in [3.8, 4) is 17.0 Å². The van der Waals surface area contributed by atoms with E-state index in [1.807, 2.05) is 18.2 Å². The molecule has 0 fully saturated rings. The number of hydrogen-bond acceptors (Lipinski definition) is 4. The molecule has 0 spiro atoms. The Morgan fingerprint density at radius 2 is 1.96 bits per heavy atom. The van der Waals surface area contributed by atoms with Gasteiger partial charge in [0.05, 0.1) is 23.5 Å². The van der Waals surface area contributed by atoms with Crippen LogP contribution in [0.1, 0.15) is 21.7 Å². The van der Waals surface area contributed by atoms with Crippen molar-refractivity contribution in [2.75, 3.05) is 12.8 Å². The largest absolute Gasteiger partial charge is 0.495 e. The lowest BCUT2D eigenvalue weighted by molar-refractivity contribution is 0.417. The molecule has 0 aliphatic carbocycles. The van der Waals surface area contributed by atoms with Gasteiger partial charge in [-0.05, 0) is 37.1 Å². The smallest absolute Gasteiger partial charge is 0.141 e. The van der Waals surface area contributed by atoms with E-state index >= 15 is 0 Å². The molecule has 3 nitrogen and oxygen atoms in total. The Hall–Kier alpha value is -2.33. The van der Waals surface area contributed by atoms with Crippen LogP contribution in [0.5, 0.6) is 5.75 Å². The lowest BCUT2D eigenvalue weighted by Crippen LogP contribution is -1.95. The third kappa shape index (κ3) is 3.37. The van der Waals surface area contributed by atoms with Gasteiger partial charge in [-0.25, -0.2) is 4.98 Å². The highest BCUT2D eigenvalue weighted by Crippen LogP contribution is 2.28. The molecule has 0 aliphatic heterocycles. The van der Waals surface area contributed by atoms with Crippen LogP contribution in [0.25, 0.3) is 11.3 Å². The number of aromatic nitrogens is 1. The molecular formula is C19H20N2OS. The van der Waals surface area contributed by atoms with Crippen molar-refractivity contribution in [1.82, 2.24) is 4.98 Å². The van der Waals surface area contributed by atoms with Gasteiger partial charge < -0.3 is 10.5 Å². The number of anilines is 1. The van der Waals surface area contributed by atoms with E-state index in [2.05, 4.69) is 37.4 Å². The second-order valence-corrected chi connectivity index (χ2v) is 6.64. The van der Waals surface area contributed by atoms with Gasteiger partial charge in [0.1, 0.15) is 5.75 Å². The van der Waals surface area contributed by atoms with Gasteiger partial charge in [0.25, 0.3) is 0 Å². The number of nitrogen functional groups attached to an aromatic ring is 1. The van der Waals surface area contributed by atoms with Gasteiger partial charge in [0.15, 0.2) is 0 Å². The van der Waals surface area contributed by atoms with Crippen LogP contribution >= 0.6 is 11.3 Å². The summed E-state index contributed by atoms with van der Waals surface area (Å²) in [5.41, 5.74) is 12.6. The zero-order chi connectivity index (χ0) is 16.4. The molecule has 2 N–H and O–H groups in total. The molecule has 1 aromatic heterocycles. The maximum Gasteiger partial charge on any atom is 0.141 e. The van der Waals surface area contributed by atoms with E-state index in [4.69, 9.17) is 15.5 Å². The molecule has 0 amide bonds. The van der Waals surface area contributed by atoms with Crippen molar-refractivity contribution < 1.29 is 4.74 Å². The molecule has 0 radical (unpaired) electrons. The number of methoxy groups -OCH3 is 1. The van der Waals surface area contributed by atoms with Crippen molar-refractivity contribution in [2.45, 2.75) is 20.3 Å². The molecule has 23 heavy (non-hydrogen) atoms. The van der Waals surface area contributed by atoms with Gasteiger partial charge >= 0.3 is 0 Å². The summed E-state index contributed by atoms with van der Waals surface area (Å²) in [6.07, 6.45) is 0.782. The Bertz CT molecular complexity index is 839. The fraction of sp³-hybridized carbons (Fsp3) is 0.211. The number of ether oxygens (including phenoxy) is 1. The summed E-state index contributed by atoms with van der Waals surface area (Å²) in [6.45, 7) is 4.24. The minimum atomic E-state index is 0.663. The summed E-state index contributed by atoms with van der Waals surface area (Å²) in [6, 6.07) is 12.4. The van der Waals surface area contributed by atoms with E-state index in [0.29, 0.717) is 11.4 Å². The van der Waals surface area contributed by atoms with E-state index in [-0.39, 0.29) is 0 Å². The van der Waals surface area contributed by atoms with Gasteiger partial charge in [-0.15, -0.1) is 11.3 Å². The van der Waals surface area contributed by atoms with Gasteiger partial charge in [-0.1, -0.05) is 29.8 Å². The Balaban J connectivity index is 1.83. The Morgan fingerprint density at radius 1 is 1.13 bits per heavy atom. The average molecular weight is 324 g/mol. The lowest BCUT2D eigenvalue weighted by atomic mass is 10.0. The monoisotopic (exact) mass is 324 g/mol. The van der Waals surface area contributed by atoms with Crippen LogP contribution in [0.2, 0.25) is 0 Å². The van der Waals surface area contributed by atoms with Crippen molar-refractivity contribution >= 4 is 17.0 Å². The van der Waals surface area contributed by atoms with Crippen molar-refractivity contribution in [3.05, 3.63) is 63.5 Å². The van der Waals surface area contributed by atoms with Crippen molar-refractivity contribution in [2.24, 2.45) is 0 Å². The maximum atomic E-state index is 5.97. The summed E-state index contributed by atoms with van der Waals surface area (Å²) >= 11 is 1.68. The molecule has 4 heteroatoms. The first kappa shape index (κ1) is 15.6. The Morgan fingerprint density at radius 3 is 2.65 bits per heavy atom. The van der Waals surface area contributed by atoms with Crippen LogP contribution in [-0.4, -0.2) is 12.1 Å². The molecule has 2 aromatic carbocycles. The van der Waals surface area contributed by atoms with Gasteiger partial charge in [-0.3, -0.25) is 0 Å². The predicted octanol–water partition coefficient (Wildman–Crippen LogP) is 4.61. The number of nitrogens with two attached hydrogens (primary N) is 1. The molecule has 0 atom stereocenters. The molecule has 0 saturated carbocycles. The highest BCUT2D eigenvalue weighted by molar-refractivity contribution is 7.10. The van der Waals surface area contributed by atoms with Gasteiger partial charge in [0, 0.05) is 17.4 Å². The van der Waals surface area contributed by atoms with E-state index in [9.17, 15) is 0 Å². The number of rotatable bonds is 4. The predicted molar refractivity (Wildman–Crippen MR) is 97.2 cm³/mol. The summed E-state index contributed by atoms with van der Waals surface area (Å²) in [4.78, 5) is 4.78. The molecule has 118 valence electrons. The second kappa shape index (κ2) is 6.42. The van der Waals surface area contributed by atoms with Crippen molar-refractivity contribution in [1.29, 1.82) is 0 Å². The standard InChI is InChI=1S/C19H20N2OS/c1-12-4-6-15(13(2)8-12)17-11-23-19(21-17)10-14-5-7-18(22-3)16(20)9-14/h4-9,11H,10,20H2,1-3H3. The molecule has 0 saturated heterocycles. The molecule has 0 bridgehead atoms. The summed E-state index contributed by atoms with van der Waals surface area (Å²) < 4.78 is 5.20. The third-order valence-corrected chi connectivity index (χ3v) is 4.71. The first-order valence-corrected chi connectivity index (χ1v) is 8.39. The van der Waals surface area contributed by atoms with Crippen LogP contribution in [-0.2, 0) is 6.42 Å². The lowest BCUT2D eigenvalue weighted by Gasteiger charge is -2.06. The van der Waals surface area contributed by atoms with Crippen molar-refractivity contribution in [3.63, 3.8) is 0 Å². The van der Waals surface area contributed by atoms with E-state index in [1.54, 1.807) is 18.4 Å². The van der Waals surface area contributed by atoms with Gasteiger partial charge in [-0.2, -0.15) is 0 Å². The SMILES string of the molecule is COc1ccc(Cc2nc(-c3ccc(C)cc3C)cs2)cc1N. The molecule has 0 aliphatic rings. The first-order valence-electron chi connectivity index (χ1n) is 7.51. The minimum absolute atomic E-state index is 0.663. The van der Waals surface area contributed by atoms with Gasteiger partial charge in [0.2, 0.25) is 0 Å². The van der Waals surface area contributed by atoms with Crippen LogP contribution in [0.3, 0.4) is 0 Å². The Labute approximate surface area is 140 Å². The number of hydrogen-bond donors (Lipinski definition) is 1. The van der Waals surface area contributed by atoms with E-state index in [1.165, 1.54) is 16.7 Å². The number of benzene rings is 2. The highest BCUT2D eigenvalue weighted by atomic mass is 32.1. The number of thiazole rings is 1. The minimum Gasteiger partial charge on any atom is -0.495 e. The van der Waals surface area contributed by atoms with E-state index in [0.717, 1.165) is 22.7 Å². The zero-order valence-electron chi connectivity index (χ0n) is 13.6. The third-order valence-electron chi connectivity index (χ3n) is 3.86. The highest BCUT2D eigenvalue weighted by Gasteiger charge is 2.09. The fourth-order valence-electron chi connectivity index (χ4n) is 2.69. The molecule has 0 unspecified atom stereocenters. The number of aryl methyl sites for hydroxylation is 2. The van der Waals surface area contributed by atoms with Crippen LogP contribution in [0.15, 0.2) is 41.8 Å². The average Bonchev–Trinajstić information content (AvgIpc) is 2.95. The second-order valence-electron chi connectivity index (χ2n) is 5.70. The van der Waals surface area contributed by atoms with E-state index < -0.39 is 0 Å². The Kier molecular flexibility index (Phi) is 4.35. The molecule has 3 rings (SSSR count). The first-order chi connectivity index (χ1) is 11.1. The molecule has 3 aromatic rings. The molecular weight excluding hydrogens is 304 g/mol. The van der Waals surface area contributed by atoms with Crippen LogP contribution in [0, 0.1) is 13.8 Å². The zero-order valence-corrected chi connectivity index (χ0v) is 14.4. The fourth-order valence-corrected chi connectivity index (χ4v) is 3.51. The molecule has 1 heterocycles.